The van der Waals surface area contributed by atoms with Gasteiger partial charge in [-0.2, -0.15) is 5.26 Å². The highest BCUT2D eigenvalue weighted by atomic mass is 16.5. The van der Waals surface area contributed by atoms with Crippen molar-refractivity contribution in [3.05, 3.63) is 65.0 Å². The zero-order valence-electron chi connectivity index (χ0n) is 19.9. The molecule has 0 aliphatic heterocycles. The second-order valence-corrected chi connectivity index (χ2v) is 8.20. The van der Waals surface area contributed by atoms with Gasteiger partial charge in [0.05, 0.1) is 29.4 Å². The minimum atomic E-state index is 0.199. The van der Waals surface area contributed by atoms with Crippen molar-refractivity contribution < 1.29 is 5.21 Å². The molecule has 1 aliphatic carbocycles. The SMILES string of the molecule is C/C=C(\C(NO)=C(/C#N)C=NC)c1cnc(NCC2CC(NCc3ccc(CC)nc3)C2)cn1. The molecule has 0 spiro atoms. The van der Waals surface area contributed by atoms with E-state index < -0.39 is 0 Å². The zero-order valence-corrected chi connectivity index (χ0v) is 19.9. The van der Waals surface area contributed by atoms with E-state index in [0.717, 1.165) is 38.0 Å². The predicted molar refractivity (Wildman–Crippen MR) is 133 cm³/mol. The molecule has 3 rings (SSSR count). The summed E-state index contributed by atoms with van der Waals surface area (Å²) in [5.74, 6) is 1.28. The lowest BCUT2D eigenvalue weighted by Crippen LogP contribution is -2.43. The molecule has 9 nitrogen and oxygen atoms in total. The van der Waals surface area contributed by atoms with Crippen LogP contribution in [-0.4, -0.2) is 46.0 Å². The number of nitriles is 1. The van der Waals surface area contributed by atoms with E-state index >= 15 is 0 Å². The lowest BCUT2D eigenvalue weighted by molar-refractivity contribution is 0.205. The summed E-state index contributed by atoms with van der Waals surface area (Å²) in [5, 5.41) is 25.9. The summed E-state index contributed by atoms with van der Waals surface area (Å²) in [6.07, 6.45) is 11.6. The number of hydrogen-bond donors (Lipinski definition) is 4. The predicted octanol–water partition coefficient (Wildman–Crippen LogP) is 3.27. The van der Waals surface area contributed by atoms with Crippen LogP contribution in [0.3, 0.4) is 0 Å². The summed E-state index contributed by atoms with van der Waals surface area (Å²) in [7, 11) is 1.56. The van der Waals surface area contributed by atoms with Crippen LogP contribution in [0.1, 0.15) is 43.6 Å². The molecule has 34 heavy (non-hydrogen) atoms. The number of aliphatic imine (C=N–C) groups is 1. The van der Waals surface area contributed by atoms with Gasteiger partial charge in [0.1, 0.15) is 11.9 Å². The number of rotatable bonds is 11. The lowest BCUT2D eigenvalue weighted by atomic mass is 9.80. The van der Waals surface area contributed by atoms with Gasteiger partial charge in [0, 0.05) is 49.9 Å². The minimum Gasteiger partial charge on any atom is -0.369 e. The highest BCUT2D eigenvalue weighted by Crippen LogP contribution is 2.28. The van der Waals surface area contributed by atoms with Gasteiger partial charge in [0.15, 0.2) is 0 Å². The first kappa shape index (κ1) is 25.0. The molecule has 1 fully saturated rings. The van der Waals surface area contributed by atoms with Crippen molar-refractivity contribution in [1.29, 1.82) is 5.26 Å². The molecule has 0 amide bonds. The van der Waals surface area contributed by atoms with E-state index in [9.17, 15) is 10.5 Å². The number of nitrogens with one attached hydrogen (secondary N) is 3. The Labute approximate surface area is 200 Å². The fourth-order valence-corrected chi connectivity index (χ4v) is 3.87. The van der Waals surface area contributed by atoms with E-state index in [0.29, 0.717) is 29.0 Å². The van der Waals surface area contributed by atoms with Gasteiger partial charge < -0.3 is 10.6 Å². The van der Waals surface area contributed by atoms with Gasteiger partial charge in [0.2, 0.25) is 0 Å². The maximum Gasteiger partial charge on any atom is 0.144 e. The summed E-state index contributed by atoms with van der Waals surface area (Å²) < 4.78 is 0. The van der Waals surface area contributed by atoms with Crippen LogP contribution in [0.25, 0.3) is 5.57 Å². The van der Waals surface area contributed by atoms with Crippen LogP contribution < -0.4 is 16.1 Å². The standard InChI is InChI=1S/C25H32N8O/c1-4-20-7-6-17(11-28-20)12-29-21-8-18(9-21)13-31-24-16-30-23(15-32-24)22(5-2)25(33-34)19(10-26)14-27-3/h5-7,11,14-16,18,21,29,33-34H,4,8-9,12-13H2,1-3H3,(H,31,32)/b22-5-,25-19-,27-14?. The van der Waals surface area contributed by atoms with Crippen molar-refractivity contribution in [3.8, 4) is 6.07 Å². The van der Waals surface area contributed by atoms with Crippen LogP contribution in [0, 0.1) is 17.2 Å². The molecular weight excluding hydrogens is 428 g/mol. The Bertz CT molecular complexity index is 1060. The third kappa shape index (κ3) is 6.47. The van der Waals surface area contributed by atoms with Crippen LogP contribution in [-0.2, 0) is 13.0 Å². The number of hydrogen-bond acceptors (Lipinski definition) is 9. The molecular formula is C25H32N8O. The highest BCUT2D eigenvalue weighted by Gasteiger charge is 2.28. The second-order valence-electron chi connectivity index (χ2n) is 8.20. The van der Waals surface area contributed by atoms with Gasteiger partial charge in [-0.15, -0.1) is 0 Å². The third-order valence-electron chi connectivity index (χ3n) is 5.90. The van der Waals surface area contributed by atoms with E-state index in [2.05, 4.69) is 55.1 Å². The van der Waals surface area contributed by atoms with Crippen LogP contribution >= 0.6 is 0 Å². The molecule has 9 heteroatoms. The summed E-state index contributed by atoms with van der Waals surface area (Å²) in [6, 6.07) is 6.79. The number of aryl methyl sites for hydroxylation is 1. The normalized spacial score (nSPS) is 18.7. The van der Waals surface area contributed by atoms with Gasteiger partial charge in [-0.1, -0.05) is 19.1 Å². The molecule has 0 aromatic carbocycles. The monoisotopic (exact) mass is 460 g/mol. The molecule has 2 heterocycles. The smallest absolute Gasteiger partial charge is 0.144 e. The average Bonchev–Trinajstić information content (AvgIpc) is 2.85. The van der Waals surface area contributed by atoms with Crippen molar-refractivity contribution >= 4 is 17.6 Å². The van der Waals surface area contributed by atoms with E-state index in [1.165, 1.54) is 11.8 Å². The molecule has 1 aliphatic rings. The lowest BCUT2D eigenvalue weighted by Gasteiger charge is -2.36. The maximum absolute atomic E-state index is 9.57. The molecule has 2 aromatic heterocycles. The van der Waals surface area contributed by atoms with Crippen molar-refractivity contribution in [2.45, 2.75) is 45.7 Å². The number of aromatic nitrogens is 3. The van der Waals surface area contributed by atoms with E-state index in [1.807, 2.05) is 12.3 Å². The molecule has 0 saturated heterocycles. The van der Waals surface area contributed by atoms with Gasteiger partial charge in [-0.25, -0.2) is 4.98 Å². The van der Waals surface area contributed by atoms with Gasteiger partial charge in [0.25, 0.3) is 0 Å². The first-order valence-corrected chi connectivity index (χ1v) is 11.5. The molecule has 0 atom stereocenters. The van der Waals surface area contributed by atoms with Crippen molar-refractivity contribution in [3.63, 3.8) is 0 Å². The zero-order chi connectivity index (χ0) is 24.3. The Morgan fingerprint density at radius 3 is 2.62 bits per heavy atom. The summed E-state index contributed by atoms with van der Waals surface area (Å²) in [6.45, 7) is 5.60. The van der Waals surface area contributed by atoms with Crippen molar-refractivity contribution in [1.82, 2.24) is 25.7 Å². The summed E-state index contributed by atoms with van der Waals surface area (Å²) >= 11 is 0. The Balaban J connectivity index is 1.47. The molecule has 0 unspecified atom stereocenters. The summed E-state index contributed by atoms with van der Waals surface area (Å²) in [5.41, 5.74) is 5.96. The Morgan fingerprint density at radius 1 is 1.24 bits per heavy atom. The maximum atomic E-state index is 9.57. The highest BCUT2D eigenvalue weighted by molar-refractivity contribution is 5.92. The Hall–Kier alpha value is -3.61. The third-order valence-corrected chi connectivity index (χ3v) is 5.90. The van der Waals surface area contributed by atoms with Gasteiger partial charge in [-0.3, -0.25) is 25.6 Å². The van der Waals surface area contributed by atoms with Crippen LogP contribution in [0.5, 0.6) is 0 Å². The van der Waals surface area contributed by atoms with Crippen molar-refractivity contribution in [2.75, 3.05) is 18.9 Å². The topological polar surface area (TPSA) is 131 Å². The Kier molecular flexibility index (Phi) is 9.26. The first-order valence-electron chi connectivity index (χ1n) is 11.5. The molecule has 2 aromatic rings. The van der Waals surface area contributed by atoms with Crippen LogP contribution in [0.15, 0.2) is 53.1 Å². The van der Waals surface area contributed by atoms with E-state index in [-0.39, 0.29) is 11.3 Å². The van der Waals surface area contributed by atoms with Crippen LogP contribution in [0.2, 0.25) is 0 Å². The second kappa shape index (κ2) is 12.6. The fourth-order valence-electron chi connectivity index (χ4n) is 3.87. The number of anilines is 1. The molecule has 0 radical (unpaired) electrons. The molecule has 4 N–H and O–H groups in total. The van der Waals surface area contributed by atoms with E-state index in [1.54, 1.807) is 32.4 Å². The number of pyridine rings is 1. The Morgan fingerprint density at radius 2 is 2.06 bits per heavy atom. The minimum absolute atomic E-state index is 0.199. The number of nitrogens with zero attached hydrogens (tertiary/aromatic N) is 5. The number of hydroxylamine groups is 1. The van der Waals surface area contributed by atoms with Crippen LogP contribution in [0.4, 0.5) is 5.82 Å². The van der Waals surface area contributed by atoms with Gasteiger partial charge >= 0.3 is 0 Å². The fraction of sp³-hybridized carbons (Fsp3) is 0.400. The van der Waals surface area contributed by atoms with E-state index in [4.69, 9.17) is 0 Å². The number of allylic oxidation sites excluding steroid dienone is 3. The molecule has 1 saturated carbocycles. The quantitative estimate of drug-likeness (QED) is 0.174. The van der Waals surface area contributed by atoms with Crippen molar-refractivity contribution in [2.24, 2.45) is 10.9 Å². The first-order chi connectivity index (χ1) is 16.6. The molecule has 178 valence electrons. The van der Waals surface area contributed by atoms with Gasteiger partial charge in [-0.05, 0) is 43.7 Å². The largest absolute Gasteiger partial charge is 0.369 e. The summed E-state index contributed by atoms with van der Waals surface area (Å²) in [4.78, 5) is 17.2. The molecule has 0 bridgehead atoms. The average molecular weight is 461 g/mol.